The number of nitrogens with zero attached hydrogens (tertiary/aromatic N) is 4. The molecule has 3 amide bonds. The third kappa shape index (κ3) is 4.78. The molecule has 1 saturated heterocycles. The molecule has 1 aliphatic heterocycles. The molecule has 1 atom stereocenters. The van der Waals surface area contributed by atoms with Crippen LogP contribution in [-0.2, 0) is 6.54 Å². The molecule has 2 aromatic rings. The summed E-state index contributed by atoms with van der Waals surface area (Å²) in [6.07, 6.45) is 6.21. The van der Waals surface area contributed by atoms with Gasteiger partial charge in [0.15, 0.2) is 0 Å². The number of aromatic nitrogens is 2. The van der Waals surface area contributed by atoms with Crippen molar-refractivity contribution in [1.29, 1.82) is 0 Å². The first-order chi connectivity index (χ1) is 13.5. The lowest BCUT2D eigenvalue weighted by atomic mass is 10.0. The van der Waals surface area contributed by atoms with Crippen molar-refractivity contribution in [2.45, 2.75) is 32.4 Å². The Kier molecular flexibility index (Phi) is 6.46. The van der Waals surface area contributed by atoms with Gasteiger partial charge in [-0.3, -0.25) is 9.78 Å². The average molecular weight is 402 g/mol. The highest BCUT2D eigenvalue weighted by Gasteiger charge is 2.29. The van der Waals surface area contributed by atoms with Crippen molar-refractivity contribution in [2.75, 3.05) is 20.1 Å². The van der Waals surface area contributed by atoms with Gasteiger partial charge in [0.25, 0.3) is 5.91 Å². The normalized spacial score (nSPS) is 16.5. The van der Waals surface area contributed by atoms with Crippen LogP contribution in [-0.4, -0.2) is 57.9 Å². The number of nitrogens with one attached hydrogen (secondary N) is 1. The van der Waals surface area contributed by atoms with E-state index in [0.717, 1.165) is 24.0 Å². The standard InChI is InChI=1S/C20H24ClN5O2/c1-14-10-15(5-6-17(14)21)11-24-20(28)25(2)16-4-3-9-26(13-16)19(27)18-12-22-7-8-23-18/h5-8,10,12,16H,3-4,9,11,13H2,1-2H3,(H,24,28)/t16-/m1/s1. The van der Waals surface area contributed by atoms with E-state index in [1.165, 1.54) is 18.6 Å². The molecule has 148 valence electrons. The van der Waals surface area contributed by atoms with E-state index >= 15 is 0 Å². The lowest BCUT2D eigenvalue weighted by molar-refractivity contribution is 0.0630. The first-order valence-electron chi connectivity index (χ1n) is 9.26. The topological polar surface area (TPSA) is 78.4 Å². The summed E-state index contributed by atoms with van der Waals surface area (Å²) >= 11 is 6.04. The fourth-order valence-electron chi connectivity index (χ4n) is 3.31. The first-order valence-corrected chi connectivity index (χ1v) is 9.64. The van der Waals surface area contributed by atoms with E-state index in [1.54, 1.807) is 16.8 Å². The van der Waals surface area contributed by atoms with Crippen LogP contribution in [0.1, 0.15) is 34.5 Å². The summed E-state index contributed by atoms with van der Waals surface area (Å²) in [5.74, 6) is -0.150. The molecular weight excluding hydrogens is 378 g/mol. The largest absolute Gasteiger partial charge is 0.335 e. The number of piperidine rings is 1. The zero-order valence-electron chi connectivity index (χ0n) is 16.1. The summed E-state index contributed by atoms with van der Waals surface area (Å²) < 4.78 is 0. The highest BCUT2D eigenvalue weighted by atomic mass is 35.5. The zero-order valence-corrected chi connectivity index (χ0v) is 16.8. The quantitative estimate of drug-likeness (QED) is 0.854. The van der Waals surface area contributed by atoms with Crippen molar-refractivity contribution in [3.05, 3.63) is 58.6 Å². The fraction of sp³-hybridized carbons (Fsp3) is 0.400. The van der Waals surface area contributed by atoms with Crippen molar-refractivity contribution in [2.24, 2.45) is 0 Å². The Balaban J connectivity index is 1.56. The van der Waals surface area contributed by atoms with E-state index in [-0.39, 0.29) is 18.0 Å². The maximum absolute atomic E-state index is 12.6. The number of halogens is 1. The van der Waals surface area contributed by atoms with Crippen LogP contribution in [0.25, 0.3) is 0 Å². The monoisotopic (exact) mass is 401 g/mol. The molecule has 7 nitrogen and oxygen atoms in total. The van der Waals surface area contributed by atoms with Crippen molar-refractivity contribution >= 4 is 23.5 Å². The molecule has 0 bridgehead atoms. The molecular formula is C20H24ClN5O2. The predicted molar refractivity (Wildman–Crippen MR) is 107 cm³/mol. The minimum atomic E-state index is -0.161. The van der Waals surface area contributed by atoms with Gasteiger partial charge >= 0.3 is 6.03 Å². The number of hydrogen-bond donors (Lipinski definition) is 1. The zero-order chi connectivity index (χ0) is 20.1. The molecule has 8 heteroatoms. The number of amides is 3. The van der Waals surface area contributed by atoms with Gasteiger partial charge in [-0.05, 0) is 37.0 Å². The van der Waals surface area contributed by atoms with Crippen molar-refractivity contribution in [3.63, 3.8) is 0 Å². The van der Waals surface area contributed by atoms with Crippen LogP contribution in [0.15, 0.2) is 36.8 Å². The molecule has 1 aliphatic rings. The number of aryl methyl sites for hydroxylation is 1. The van der Waals surface area contributed by atoms with E-state index in [4.69, 9.17) is 11.6 Å². The van der Waals surface area contributed by atoms with E-state index in [9.17, 15) is 9.59 Å². The molecule has 0 radical (unpaired) electrons. The molecule has 1 fully saturated rings. The second-order valence-electron chi connectivity index (χ2n) is 6.99. The lowest BCUT2D eigenvalue weighted by Gasteiger charge is -2.37. The van der Waals surface area contributed by atoms with Gasteiger partial charge in [0.2, 0.25) is 0 Å². The Hall–Kier alpha value is -2.67. The fourth-order valence-corrected chi connectivity index (χ4v) is 3.43. The van der Waals surface area contributed by atoms with E-state index in [2.05, 4.69) is 15.3 Å². The minimum Gasteiger partial charge on any atom is -0.335 e. The number of likely N-dealkylation sites (N-methyl/N-ethyl adjacent to an activating group) is 1. The summed E-state index contributed by atoms with van der Waals surface area (Å²) in [5.41, 5.74) is 2.30. The van der Waals surface area contributed by atoms with Crippen LogP contribution in [0, 0.1) is 6.92 Å². The molecule has 1 aromatic carbocycles. The summed E-state index contributed by atoms with van der Waals surface area (Å²) in [5, 5.41) is 3.65. The molecule has 3 rings (SSSR count). The van der Waals surface area contributed by atoms with Crippen molar-refractivity contribution < 1.29 is 9.59 Å². The molecule has 0 spiro atoms. The van der Waals surface area contributed by atoms with Crippen LogP contribution in [0.2, 0.25) is 5.02 Å². The Bertz CT molecular complexity index is 846. The smallest absolute Gasteiger partial charge is 0.317 e. The summed E-state index contributed by atoms with van der Waals surface area (Å²) in [6.45, 7) is 3.51. The molecule has 1 N–H and O–H groups in total. The van der Waals surface area contributed by atoms with E-state index in [1.807, 2.05) is 25.1 Å². The number of likely N-dealkylation sites (tertiary alicyclic amines) is 1. The third-order valence-corrected chi connectivity index (χ3v) is 5.42. The molecule has 2 heterocycles. The summed E-state index contributed by atoms with van der Waals surface area (Å²) in [4.78, 5) is 36.6. The van der Waals surface area contributed by atoms with E-state index in [0.29, 0.717) is 30.4 Å². The molecule has 0 unspecified atom stereocenters. The number of carbonyl (C=O) groups excluding carboxylic acids is 2. The number of urea groups is 1. The maximum Gasteiger partial charge on any atom is 0.317 e. The van der Waals surface area contributed by atoms with Crippen LogP contribution in [0.3, 0.4) is 0 Å². The van der Waals surface area contributed by atoms with Crippen LogP contribution < -0.4 is 5.32 Å². The predicted octanol–water partition coefficient (Wildman–Crippen LogP) is 2.88. The van der Waals surface area contributed by atoms with Gasteiger partial charge in [0.1, 0.15) is 5.69 Å². The second kappa shape index (κ2) is 9.01. The highest BCUT2D eigenvalue weighted by Crippen LogP contribution is 2.18. The number of hydrogen-bond acceptors (Lipinski definition) is 4. The average Bonchev–Trinajstić information content (AvgIpc) is 2.74. The summed E-state index contributed by atoms with van der Waals surface area (Å²) in [7, 11) is 1.77. The SMILES string of the molecule is Cc1cc(CNC(=O)N(C)[C@@H]2CCCN(C(=O)c3cnccn3)C2)ccc1Cl. The van der Waals surface area contributed by atoms with Gasteiger partial charge in [-0.15, -0.1) is 0 Å². The van der Waals surface area contributed by atoms with Gasteiger partial charge in [-0.2, -0.15) is 0 Å². The van der Waals surface area contributed by atoms with Gasteiger partial charge in [0, 0.05) is 44.1 Å². The number of rotatable bonds is 4. The minimum absolute atomic E-state index is 0.0404. The summed E-state index contributed by atoms with van der Waals surface area (Å²) in [6, 6.07) is 5.49. The second-order valence-corrected chi connectivity index (χ2v) is 7.40. The van der Waals surface area contributed by atoms with Crippen LogP contribution in [0.5, 0.6) is 0 Å². The Labute approximate surface area is 169 Å². The Morgan fingerprint density at radius 1 is 1.36 bits per heavy atom. The van der Waals surface area contributed by atoms with Crippen molar-refractivity contribution in [1.82, 2.24) is 25.1 Å². The maximum atomic E-state index is 12.6. The van der Waals surface area contributed by atoms with Gasteiger partial charge in [-0.1, -0.05) is 23.7 Å². The lowest BCUT2D eigenvalue weighted by Crippen LogP contribution is -2.52. The van der Waals surface area contributed by atoms with Crippen molar-refractivity contribution in [3.8, 4) is 0 Å². The van der Waals surface area contributed by atoms with Crippen LogP contribution in [0.4, 0.5) is 4.79 Å². The van der Waals surface area contributed by atoms with E-state index < -0.39 is 0 Å². The molecule has 1 aromatic heterocycles. The highest BCUT2D eigenvalue weighted by molar-refractivity contribution is 6.31. The third-order valence-electron chi connectivity index (χ3n) is 5.00. The Morgan fingerprint density at radius 2 is 2.18 bits per heavy atom. The first kappa shape index (κ1) is 20.1. The molecule has 0 saturated carbocycles. The molecule has 0 aliphatic carbocycles. The Morgan fingerprint density at radius 3 is 2.89 bits per heavy atom. The number of benzene rings is 1. The van der Waals surface area contributed by atoms with Gasteiger partial charge < -0.3 is 15.1 Å². The van der Waals surface area contributed by atoms with Gasteiger partial charge in [-0.25, -0.2) is 9.78 Å². The van der Waals surface area contributed by atoms with Crippen LogP contribution >= 0.6 is 11.6 Å². The molecule has 28 heavy (non-hydrogen) atoms. The van der Waals surface area contributed by atoms with Gasteiger partial charge in [0.05, 0.1) is 12.2 Å². The number of carbonyl (C=O) groups is 2.